The first-order valence-corrected chi connectivity index (χ1v) is 7.63. The van der Waals surface area contributed by atoms with Crippen LogP contribution in [0, 0.1) is 0 Å². The van der Waals surface area contributed by atoms with Crippen LogP contribution >= 0.6 is 0 Å². The van der Waals surface area contributed by atoms with Crippen LogP contribution in [0.5, 0.6) is 11.5 Å². The van der Waals surface area contributed by atoms with Crippen molar-refractivity contribution >= 4 is 11.6 Å². The minimum Gasteiger partial charge on any atom is -0.497 e. The molecule has 2 aromatic carbocycles. The van der Waals surface area contributed by atoms with E-state index in [2.05, 4.69) is 15.4 Å². The molecule has 128 valence electrons. The fourth-order valence-corrected chi connectivity index (χ4v) is 2.34. The lowest BCUT2D eigenvalue weighted by Gasteiger charge is -2.10. The molecule has 0 saturated heterocycles. The number of methoxy groups -OCH3 is 2. The molecule has 1 amide bonds. The van der Waals surface area contributed by atoms with Crippen LogP contribution in [0.4, 0.5) is 5.69 Å². The monoisotopic (exact) mass is 338 g/mol. The van der Waals surface area contributed by atoms with E-state index in [1.165, 1.54) is 6.33 Å². The Kier molecular flexibility index (Phi) is 4.94. The van der Waals surface area contributed by atoms with Gasteiger partial charge in [-0.3, -0.25) is 4.79 Å². The summed E-state index contributed by atoms with van der Waals surface area (Å²) in [5.74, 6) is 0.890. The number of anilines is 1. The normalized spacial score (nSPS) is 10.3. The molecule has 3 aromatic rings. The van der Waals surface area contributed by atoms with E-state index in [0.717, 1.165) is 5.56 Å². The van der Waals surface area contributed by atoms with Gasteiger partial charge in [-0.05, 0) is 29.8 Å². The summed E-state index contributed by atoms with van der Waals surface area (Å²) in [5, 5.41) is 6.93. The highest BCUT2D eigenvalue weighted by atomic mass is 16.5. The molecule has 7 heteroatoms. The molecule has 7 nitrogen and oxygen atoms in total. The van der Waals surface area contributed by atoms with Gasteiger partial charge in [-0.2, -0.15) is 5.10 Å². The second-order valence-corrected chi connectivity index (χ2v) is 5.35. The van der Waals surface area contributed by atoms with Gasteiger partial charge < -0.3 is 14.8 Å². The Morgan fingerprint density at radius 2 is 1.76 bits per heavy atom. The Labute approximate surface area is 145 Å². The molecular weight excluding hydrogens is 320 g/mol. The van der Waals surface area contributed by atoms with Crippen LogP contribution in [0.1, 0.15) is 15.9 Å². The molecule has 1 N–H and O–H groups in total. The van der Waals surface area contributed by atoms with E-state index in [1.54, 1.807) is 43.4 Å². The van der Waals surface area contributed by atoms with Gasteiger partial charge in [-0.1, -0.05) is 12.1 Å². The largest absolute Gasteiger partial charge is 0.497 e. The highest BCUT2D eigenvalue weighted by Crippen LogP contribution is 2.23. The predicted octanol–water partition coefficient (Wildman–Crippen LogP) is 2.60. The predicted molar refractivity (Wildman–Crippen MR) is 93.1 cm³/mol. The fourth-order valence-electron chi connectivity index (χ4n) is 2.34. The number of carbonyl (C=O) groups is 1. The van der Waals surface area contributed by atoms with Gasteiger partial charge in [0.05, 0.1) is 20.8 Å². The average molecular weight is 338 g/mol. The van der Waals surface area contributed by atoms with Crippen LogP contribution in [-0.2, 0) is 6.54 Å². The Balaban J connectivity index is 1.70. The topological polar surface area (TPSA) is 78.3 Å². The number of amides is 1. The van der Waals surface area contributed by atoms with Crippen molar-refractivity contribution in [1.29, 1.82) is 0 Å². The summed E-state index contributed by atoms with van der Waals surface area (Å²) in [5.41, 5.74) is 2.23. The van der Waals surface area contributed by atoms with Gasteiger partial charge in [0.25, 0.3) is 5.91 Å². The molecule has 0 radical (unpaired) electrons. The van der Waals surface area contributed by atoms with Crippen molar-refractivity contribution in [2.45, 2.75) is 6.54 Å². The average Bonchev–Trinajstić information content (AvgIpc) is 3.15. The molecule has 0 aliphatic carbocycles. The molecule has 0 saturated carbocycles. The van der Waals surface area contributed by atoms with E-state index in [9.17, 15) is 4.79 Å². The minimum atomic E-state index is -0.235. The zero-order chi connectivity index (χ0) is 17.6. The molecule has 0 spiro atoms. The van der Waals surface area contributed by atoms with E-state index >= 15 is 0 Å². The van der Waals surface area contributed by atoms with Crippen LogP contribution in [-0.4, -0.2) is 34.9 Å². The van der Waals surface area contributed by atoms with E-state index in [-0.39, 0.29) is 5.91 Å². The lowest BCUT2D eigenvalue weighted by molar-refractivity contribution is 0.102. The third-order valence-corrected chi connectivity index (χ3v) is 3.64. The molecular formula is C18H18N4O3. The summed E-state index contributed by atoms with van der Waals surface area (Å²) in [6.07, 6.45) is 3.16. The van der Waals surface area contributed by atoms with Crippen LogP contribution in [0.25, 0.3) is 0 Å². The van der Waals surface area contributed by atoms with Crippen LogP contribution < -0.4 is 14.8 Å². The molecule has 0 aliphatic rings. The highest BCUT2D eigenvalue weighted by molar-refractivity contribution is 6.04. The lowest BCUT2D eigenvalue weighted by Crippen LogP contribution is -2.12. The number of benzene rings is 2. The molecule has 25 heavy (non-hydrogen) atoms. The van der Waals surface area contributed by atoms with Gasteiger partial charge in [0.15, 0.2) is 0 Å². The highest BCUT2D eigenvalue weighted by Gasteiger charge is 2.10. The zero-order valence-corrected chi connectivity index (χ0v) is 14.0. The SMILES string of the molecule is COc1cc(OC)cc(C(=O)Nc2ccc(Cn3cncn3)cc2)c1. The van der Waals surface area contributed by atoms with Gasteiger partial charge >= 0.3 is 0 Å². The Bertz CT molecular complexity index is 823. The quantitative estimate of drug-likeness (QED) is 0.747. The molecule has 0 unspecified atom stereocenters. The summed E-state index contributed by atoms with van der Waals surface area (Å²) in [4.78, 5) is 16.4. The maximum atomic E-state index is 12.4. The number of hydrogen-bond acceptors (Lipinski definition) is 5. The number of carbonyl (C=O) groups excluding carboxylic acids is 1. The summed E-state index contributed by atoms with van der Waals surface area (Å²) >= 11 is 0. The van der Waals surface area contributed by atoms with Gasteiger partial charge in [-0.15, -0.1) is 0 Å². The first kappa shape index (κ1) is 16.5. The number of nitrogens with zero attached hydrogens (tertiary/aromatic N) is 3. The van der Waals surface area contributed by atoms with Crippen molar-refractivity contribution in [2.24, 2.45) is 0 Å². The maximum absolute atomic E-state index is 12.4. The summed E-state index contributed by atoms with van der Waals surface area (Å²) in [7, 11) is 3.09. The zero-order valence-electron chi connectivity index (χ0n) is 14.0. The second kappa shape index (κ2) is 7.48. The van der Waals surface area contributed by atoms with Crippen molar-refractivity contribution in [2.75, 3.05) is 19.5 Å². The third kappa shape index (κ3) is 4.14. The Morgan fingerprint density at radius 3 is 2.32 bits per heavy atom. The maximum Gasteiger partial charge on any atom is 0.255 e. The second-order valence-electron chi connectivity index (χ2n) is 5.35. The Hall–Kier alpha value is -3.35. The number of aromatic nitrogens is 3. The molecule has 1 heterocycles. The van der Waals surface area contributed by atoms with E-state index < -0.39 is 0 Å². The van der Waals surface area contributed by atoms with Crippen molar-refractivity contribution in [3.8, 4) is 11.5 Å². The number of ether oxygens (including phenoxy) is 2. The first-order valence-electron chi connectivity index (χ1n) is 7.63. The van der Waals surface area contributed by atoms with Crippen LogP contribution in [0.15, 0.2) is 55.1 Å². The fraction of sp³-hybridized carbons (Fsp3) is 0.167. The molecule has 0 atom stereocenters. The molecule has 0 fully saturated rings. The number of nitrogens with one attached hydrogen (secondary N) is 1. The van der Waals surface area contributed by atoms with Gasteiger partial charge in [0.2, 0.25) is 0 Å². The van der Waals surface area contributed by atoms with E-state index in [1.807, 2.05) is 24.3 Å². The number of rotatable bonds is 6. The van der Waals surface area contributed by atoms with Gasteiger partial charge in [-0.25, -0.2) is 9.67 Å². The van der Waals surface area contributed by atoms with Crippen LogP contribution in [0.2, 0.25) is 0 Å². The van der Waals surface area contributed by atoms with Crippen molar-refractivity contribution < 1.29 is 14.3 Å². The van der Waals surface area contributed by atoms with Gasteiger partial charge in [0, 0.05) is 17.3 Å². The molecule has 1 aromatic heterocycles. The summed E-state index contributed by atoms with van der Waals surface area (Å²) < 4.78 is 12.1. The van der Waals surface area contributed by atoms with Crippen molar-refractivity contribution in [1.82, 2.24) is 14.8 Å². The van der Waals surface area contributed by atoms with Crippen molar-refractivity contribution in [3.05, 3.63) is 66.2 Å². The van der Waals surface area contributed by atoms with E-state index in [4.69, 9.17) is 9.47 Å². The summed E-state index contributed by atoms with van der Waals surface area (Å²) in [6.45, 7) is 0.626. The summed E-state index contributed by atoms with van der Waals surface area (Å²) in [6, 6.07) is 12.6. The molecule has 0 aliphatic heterocycles. The third-order valence-electron chi connectivity index (χ3n) is 3.64. The van der Waals surface area contributed by atoms with E-state index in [0.29, 0.717) is 29.3 Å². The lowest BCUT2D eigenvalue weighted by atomic mass is 10.1. The van der Waals surface area contributed by atoms with Crippen molar-refractivity contribution in [3.63, 3.8) is 0 Å². The first-order chi connectivity index (χ1) is 12.2. The smallest absolute Gasteiger partial charge is 0.255 e. The minimum absolute atomic E-state index is 0.235. The number of hydrogen-bond donors (Lipinski definition) is 1. The standard InChI is InChI=1S/C18H18N4O3/c1-24-16-7-14(8-17(9-16)25-2)18(23)21-15-5-3-13(4-6-15)10-22-12-19-11-20-22/h3-9,11-12H,10H2,1-2H3,(H,21,23). The molecule has 3 rings (SSSR count). The Morgan fingerprint density at radius 1 is 1.08 bits per heavy atom. The van der Waals surface area contributed by atoms with Crippen LogP contribution in [0.3, 0.4) is 0 Å². The van der Waals surface area contributed by atoms with Gasteiger partial charge in [0.1, 0.15) is 24.2 Å². The molecule has 0 bridgehead atoms.